The second kappa shape index (κ2) is 7.15. The van der Waals surface area contributed by atoms with E-state index in [4.69, 9.17) is 14.2 Å². The minimum absolute atomic E-state index is 0.311. The first-order valence-electron chi connectivity index (χ1n) is 8.18. The molecule has 2 aliphatic heterocycles. The molecule has 2 fully saturated rings. The first-order valence-corrected chi connectivity index (χ1v) is 8.18. The van der Waals surface area contributed by atoms with Crippen LogP contribution in [0.1, 0.15) is 25.3 Å². The molecular weight excluding hydrogens is 294 g/mol. The molecule has 2 aliphatic rings. The van der Waals surface area contributed by atoms with Gasteiger partial charge in [0, 0.05) is 37.7 Å². The van der Waals surface area contributed by atoms with Crippen LogP contribution in [0.2, 0.25) is 0 Å². The van der Waals surface area contributed by atoms with Gasteiger partial charge in [0.25, 0.3) is 0 Å². The standard InChI is InChI=1S/C18H23NO4/c1-2-21-17(20)8-5-15-3-6-16(7-4-15)19-11-9-18(10-12-19)22-13-14-23-18/h3-8H,2,9-14H2,1H3/b8-5+. The first kappa shape index (κ1) is 16.0. The number of carbonyl (C=O) groups is 1. The SMILES string of the molecule is CCOC(=O)/C=C/c1ccc(N2CCC3(CC2)OCCO3)cc1. The van der Waals surface area contributed by atoms with Crippen molar-refractivity contribution in [2.45, 2.75) is 25.6 Å². The highest BCUT2D eigenvalue weighted by Gasteiger charge is 2.39. The molecule has 0 aromatic heterocycles. The number of hydrogen-bond acceptors (Lipinski definition) is 5. The van der Waals surface area contributed by atoms with Gasteiger partial charge in [-0.2, -0.15) is 0 Å². The topological polar surface area (TPSA) is 48.0 Å². The average Bonchev–Trinajstić information content (AvgIpc) is 3.03. The van der Waals surface area contributed by atoms with E-state index in [1.165, 1.54) is 11.8 Å². The molecule has 0 radical (unpaired) electrons. The van der Waals surface area contributed by atoms with Gasteiger partial charge in [-0.05, 0) is 30.7 Å². The van der Waals surface area contributed by atoms with E-state index in [9.17, 15) is 4.79 Å². The van der Waals surface area contributed by atoms with Crippen LogP contribution in [0.3, 0.4) is 0 Å². The van der Waals surface area contributed by atoms with Gasteiger partial charge in [0.2, 0.25) is 0 Å². The quantitative estimate of drug-likeness (QED) is 0.631. The number of carbonyl (C=O) groups excluding carboxylic acids is 1. The van der Waals surface area contributed by atoms with Crippen molar-refractivity contribution in [1.29, 1.82) is 0 Å². The Labute approximate surface area is 136 Å². The normalized spacial score (nSPS) is 20.3. The smallest absolute Gasteiger partial charge is 0.330 e. The van der Waals surface area contributed by atoms with Crippen molar-refractivity contribution in [2.75, 3.05) is 37.8 Å². The summed E-state index contributed by atoms with van der Waals surface area (Å²) in [6.45, 7) is 5.47. The third-order valence-electron chi connectivity index (χ3n) is 4.30. The highest BCUT2D eigenvalue weighted by molar-refractivity contribution is 5.87. The largest absolute Gasteiger partial charge is 0.463 e. The van der Waals surface area contributed by atoms with Gasteiger partial charge in [-0.25, -0.2) is 4.79 Å². The van der Waals surface area contributed by atoms with Crippen molar-refractivity contribution in [1.82, 2.24) is 0 Å². The van der Waals surface area contributed by atoms with Gasteiger partial charge in [-0.1, -0.05) is 12.1 Å². The maximum absolute atomic E-state index is 11.3. The van der Waals surface area contributed by atoms with Crippen molar-refractivity contribution in [2.24, 2.45) is 0 Å². The van der Waals surface area contributed by atoms with E-state index in [0.717, 1.165) is 31.5 Å². The van der Waals surface area contributed by atoms with Gasteiger partial charge < -0.3 is 19.1 Å². The zero-order valence-corrected chi connectivity index (χ0v) is 13.5. The van der Waals surface area contributed by atoms with E-state index in [1.54, 1.807) is 13.0 Å². The van der Waals surface area contributed by atoms with Crippen LogP contribution in [0.25, 0.3) is 6.08 Å². The molecule has 23 heavy (non-hydrogen) atoms. The Bertz CT molecular complexity index is 551. The molecule has 1 spiro atoms. The summed E-state index contributed by atoms with van der Waals surface area (Å²) >= 11 is 0. The number of ether oxygens (including phenoxy) is 3. The molecule has 0 bridgehead atoms. The average molecular weight is 317 g/mol. The molecule has 3 rings (SSSR count). The molecule has 0 atom stereocenters. The molecule has 0 amide bonds. The van der Waals surface area contributed by atoms with Gasteiger partial charge in [0.15, 0.2) is 5.79 Å². The molecule has 2 saturated heterocycles. The fourth-order valence-electron chi connectivity index (χ4n) is 3.04. The number of rotatable bonds is 4. The summed E-state index contributed by atoms with van der Waals surface area (Å²) in [5.41, 5.74) is 2.17. The number of nitrogens with zero attached hydrogens (tertiary/aromatic N) is 1. The fraction of sp³-hybridized carbons (Fsp3) is 0.500. The van der Waals surface area contributed by atoms with Crippen LogP contribution in [0.5, 0.6) is 0 Å². The Kier molecular flexibility index (Phi) is 4.98. The summed E-state index contributed by atoms with van der Waals surface area (Å²) in [6.07, 6.45) is 5.03. The zero-order chi connectivity index (χ0) is 16.1. The lowest BCUT2D eigenvalue weighted by atomic mass is 10.0. The molecule has 1 aromatic carbocycles. The second-order valence-corrected chi connectivity index (χ2v) is 5.77. The van der Waals surface area contributed by atoms with Crippen LogP contribution >= 0.6 is 0 Å². The summed E-state index contributed by atoms with van der Waals surface area (Å²) in [7, 11) is 0. The molecule has 0 N–H and O–H groups in total. The Morgan fingerprint density at radius 3 is 2.48 bits per heavy atom. The summed E-state index contributed by atoms with van der Waals surface area (Å²) in [6, 6.07) is 8.19. The molecule has 0 aliphatic carbocycles. The number of piperidine rings is 1. The summed E-state index contributed by atoms with van der Waals surface area (Å²) in [5.74, 6) is -0.645. The highest BCUT2D eigenvalue weighted by atomic mass is 16.7. The summed E-state index contributed by atoms with van der Waals surface area (Å²) < 4.78 is 16.4. The van der Waals surface area contributed by atoms with E-state index in [2.05, 4.69) is 17.0 Å². The number of benzene rings is 1. The zero-order valence-electron chi connectivity index (χ0n) is 13.5. The van der Waals surface area contributed by atoms with Crippen molar-refractivity contribution >= 4 is 17.7 Å². The molecule has 0 unspecified atom stereocenters. The molecule has 1 aromatic rings. The van der Waals surface area contributed by atoms with E-state index < -0.39 is 0 Å². The minimum Gasteiger partial charge on any atom is -0.463 e. The van der Waals surface area contributed by atoms with E-state index >= 15 is 0 Å². The van der Waals surface area contributed by atoms with E-state index in [0.29, 0.717) is 19.8 Å². The lowest BCUT2D eigenvalue weighted by molar-refractivity contribution is -0.169. The molecule has 124 valence electrons. The maximum atomic E-state index is 11.3. The van der Waals surface area contributed by atoms with E-state index in [1.807, 2.05) is 12.1 Å². The van der Waals surface area contributed by atoms with Crippen molar-refractivity contribution in [3.63, 3.8) is 0 Å². The predicted molar refractivity (Wildman–Crippen MR) is 88.2 cm³/mol. The lowest BCUT2D eigenvalue weighted by Crippen LogP contribution is -2.45. The molecule has 5 nitrogen and oxygen atoms in total. The molecule has 5 heteroatoms. The van der Waals surface area contributed by atoms with Crippen LogP contribution in [0, 0.1) is 0 Å². The number of esters is 1. The highest BCUT2D eigenvalue weighted by Crippen LogP contribution is 2.33. The monoisotopic (exact) mass is 317 g/mol. The van der Waals surface area contributed by atoms with Crippen LogP contribution in [0.4, 0.5) is 5.69 Å². The Morgan fingerprint density at radius 1 is 1.22 bits per heavy atom. The minimum atomic E-state index is -0.335. The van der Waals surface area contributed by atoms with Crippen LogP contribution in [0.15, 0.2) is 30.3 Å². The van der Waals surface area contributed by atoms with Crippen molar-refractivity contribution < 1.29 is 19.0 Å². The second-order valence-electron chi connectivity index (χ2n) is 5.77. The molecule has 2 heterocycles. The number of hydrogen-bond donors (Lipinski definition) is 0. The number of anilines is 1. The van der Waals surface area contributed by atoms with Gasteiger partial charge in [-0.3, -0.25) is 0 Å². The summed E-state index contributed by atoms with van der Waals surface area (Å²) in [4.78, 5) is 13.7. The van der Waals surface area contributed by atoms with Crippen LogP contribution in [-0.4, -0.2) is 44.7 Å². The van der Waals surface area contributed by atoms with Gasteiger partial charge >= 0.3 is 5.97 Å². The predicted octanol–water partition coefficient (Wildman–Crippen LogP) is 2.61. The van der Waals surface area contributed by atoms with Crippen molar-refractivity contribution in [3.8, 4) is 0 Å². The fourth-order valence-corrected chi connectivity index (χ4v) is 3.04. The third-order valence-corrected chi connectivity index (χ3v) is 4.30. The molecule has 0 saturated carbocycles. The summed E-state index contributed by atoms with van der Waals surface area (Å²) in [5, 5.41) is 0. The first-order chi connectivity index (χ1) is 11.2. The maximum Gasteiger partial charge on any atom is 0.330 e. The van der Waals surface area contributed by atoms with E-state index in [-0.39, 0.29) is 11.8 Å². The Balaban J connectivity index is 1.56. The van der Waals surface area contributed by atoms with Crippen molar-refractivity contribution in [3.05, 3.63) is 35.9 Å². The molecular formula is C18H23NO4. The van der Waals surface area contributed by atoms with Gasteiger partial charge in [-0.15, -0.1) is 0 Å². The van der Waals surface area contributed by atoms with Gasteiger partial charge in [0.05, 0.1) is 19.8 Å². The van der Waals surface area contributed by atoms with Crippen LogP contribution < -0.4 is 4.90 Å². The van der Waals surface area contributed by atoms with Gasteiger partial charge in [0.1, 0.15) is 0 Å². The lowest BCUT2D eigenvalue weighted by Gasteiger charge is -2.38. The van der Waals surface area contributed by atoms with Crippen LogP contribution in [-0.2, 0) is 19.0 Å². The Morgan fingerprint density at radius 2 is 1.87 bits per heavy atom. The Hall–Kier alpha value is -1.85. The third kappa shape index (κ3) is 3.92.